The number of aryl methyl sites for hydroxylation is 1. The maximum absolute atomic E-state index is 13.7. The molecule has 0 saturated carbocycles. The second-order valence-corrected chi connectivity index (χ2v) is 6.31. The van der Waals surface area contributed by atoms with Gasteiger partial charge in [-0.15, -0.1) is 5.10 Å². The van der Waals surface area contributed by atoms with Gasteiger partial charge in [0, 0.05) is 17.0 Å². The van der Waals surface area contributed by atoms with Crippen LogP contribution in [0.2, 0.25) is 0 Å². The Morgan fingerprint density at radius 2 is 2.05 bits per heavy atom. The molecule has 0 bridgehead atoms. The summed E-state index contributed by atoms with van der Waals surface area (Å²) in [5.41, 5.74) is 6.90. The number of hydrogen-bond donors (Lipinski definition) is 2. The standard InChI is InChI=1S/C14H19FN4OS/c1-7(2)19-13(20)17-18-14(19)21-12-5-8(3)11(15)6-10(12)9(4)16/h5-7,9H,16H2,1-4H3,(H,17,20)/t9-/m1/s1. The van der Waals surface area contributed by atoms with Gasteiger partial charge in [-0.25, -0.2) is 14.3 Å². The first-order valence-electron chi connectivity index (χ1n) is 6.71. The minimum atomic E-state index is -0.305. The number of halogens is 1. The maximum Gasteiger partial charge on any atom is 0.344 e. The Morgan fingerprint density at radius 1 is 1.38 bits per heavy atom. The molecule has 21 heavy (non-hydrogen) atoms. The predicted octanol–water partition coefficient (Wildman–Crippen LogP) is 2.77. The number of nitrogens with zero attached hydrogens (tertiary/aromatic N) is 2. The number of hydrogen-bond acceptors (Lipinski definition) is 4. The number of nitrogens with one attached hydrogen (secondary N) is 1. The highest BCUT2D eigenvalue weighted by Crippen LogP contribution is 2.33. The van der Waals surface area contributed by atoms with Gasteiger partial charge in [0.2, 0.25) is 0 Å². The van der Waals surface area contributed by atoms with E-state index in [0.717, 1.165) is 4.90 Å². The van der Waals surface area contributed by atoms with Crippen LogP contribution < -0.4 is 11.4 Å². The zero-order valence-corrected chi connectivity index (χ0v) is 13.3. The molecule has 7 heteroatoms. The van der Waals surface area contributed by atoms with Crippen LogP contribution in [0.25, 0.3) is 0 Å². The minimum absolute atomic E-state index is 0.0148. The van der Waals surface area contributed by atoms with Gasteiger partial charge in [-0.3, -0.25) is 4.57 Å². The molecule has 0 unspecified atom stereocenters. The van der Waals surface area contributed by atoms with Crippen molar-refractivity contribution in [3.63, 3.8) is 0 Å². The molecule has 1 atom stereocenters. The van der Waals surface area contributed by atoms with Crippen molar-refractivity contribution in [2.75, 3.05) is 0 Å². The summed E-state index contributed by atoms with van der Waals surface area (Å²) in [6, 6.07) is 2.87. The van der Waals surface area contributed by atoms with Crippen molar-refractivity contribution in [1.29, 1.82) is 0 Å². The van der Waals surface area contributed by atoms with Crippen molar-refractivity contribution in [3.05, 3.63) is 39.6 Å². The number of rotatable bonds is 4. The highest BCUT2D eigenvalue weighted by Gasteiger charge is 2.17. The van der Waals surface area contributed by atoms with Crippen LogP contribution in [0.15, 0.2) is 27.0 Å². The molecular weight excluding hydrogens is 291 g/mol. The van der Waals surface area contributed by atoms with Gasteiger partial charge in [0.15, 0.2) is 5.16 Å². The van der Waals surface area contributed by atoms with Gasteiger partial charge in [0.1, 0.15) is 5.82 Å². The normalized spacial score (nSPS) is 12.9. The van der Waals surface area contributed by atoms with Crippen LogP contribution in [-0.2, 0) is 0 Å². The van der Waals surface area contributed by atoms with Gasteiger partial charge in [-0.2, -0.15) is 0 Å². The van der Waals surface area contributed by atoms with Crippen molar-refractivity contribution >= 4 is 11.8 Å². The third-order valence-electron chi connectivity index (χ3n) is 3.17. The molecule has 3 N–H and O–H groups in total. The first-order valence-corrected chi connectivity index (χ1v) is 7.53. The molecule has 5 nitrogen and oxygen atoms in total. The van der Waals surface area contributed by atoms with Crippen LogP contribution in [0, 0.1) is 12.7 Å². The van der Waals surface area contributed by atoms with Crippen LogP contribution in [0.5, 0.6) is 0 Å². The third kappa shape index (κ3) is 3.19. The number of aromatic amines is 1. The molecule has 0 amide bonds. The van der Waals surface area contributed by atoms with Crippen molar-refractivity contribution < 1.29 is 4.39 Å². The summed E-state index contributed by atoms with van der Waals surface area (Å²) < 4.78 is 15.3. The summed E-state index contributed by atoms with van der Waals surface area (Å²) in [5.74, 6) is -0.282. The molecule has 0 saturated heterocycles. The van der Waals surface area contributed by atoms with Crippen LogP contribution in [0.1, 0.15) is 44.0 Å². The van der Waals surface area contributed by atoms with Crippen LogP contribution in [0.3, 0.4) is 0 Å². The lowest BCUT2D eigenvalue weighted by molar-refractivity contribution is 0.534. The topological polar surface area (TPSA) is 76.7 Å². The lowest BCUT2D eigenvalue weighted by atomic mass is 10.1. The quantitative estimate of drug-likeness (QED) is 0.910. The van der Waals surface area contributed by atoms with Gasteiger partial charge >= 0.3 is 5.69 Å². The van der Waals surface area contributed by atoms with Crippen LogP contribution >= 0.6 is 11.8 Å². The Hall–Kier alpha value is -1.60. The molecule has 114 valence electrons. The zero-order valence-electron chi connectivity index (χ0n) is 12.5. The summed E-state index contributed by atoms with van der Waals surface area (Å²) in [7, 11) is 0. The average Bonchev–Trinajstić information content (AvgIpc) is 2.74. The molecule has 0 aliphatic rings. The number of H-pyrrole nitrogens is 1. The SMILES string of the molecule is Cc1cc(Sc2n[nH]c(=O)n2C(C)C)c([C@@H](C)N)cc1F. The van der Waals surface area contributed by atoms with Crippen molar-refractivity contribution in [2.24, 2.45) is 5.73 Å². The fourth-order valence-corrected chi connectivity index (χ4v) is 3.31. The van der Waals surface area contributed by atoms with Gasteiger partial charge in [0.25, 0.3) is 0 Å². The van der Waals surface area contributed by atoms with Crippen LogP contribution in [-0.4, -0.2) is 14.8 Å². The molecule has 1 aromatic carbocycles. The highest BCUT2D eigenvalue weighted by atomic mass is 32.2. The monoisotopic (exact) mass is 310 g/mol. The maximum atomic E-state index is 13.7. The fourth-order valence-electron chi connectivity index (χ4n) is 2.03. The Balaban J connectivity index is 2.49. The first-order chi connectivity index (χ1) is 9.81. The summed E-state index contributed by atoms with van der Waals surface area (Å²) in [5, 5.41) is 7.03. The number of aromatic nitrogens is 3. The van der Waals surface area contributed by atoms with E-state index in [9.17, 15) is 9.18 Å². The molecule has 0 spiro atoms. The Bertz CT molecular complexity index is 705. The molecule has 0 aliphatic carbocycles. The van der Waals surface area contributed by atoms with Crippen LogP contribution in [0.4, 0.5) is 4.39 Å². The molecule has 0 radical (unpaired) electrons. The molecule has 0 fully saturated rings. The van der Waals surface area contributed by atoms with E-state index in [1.54, 1.807) is 24.5 Å². The van der Waals surface area contributed by atoms with E-state index >= 15 is 0 Å². The number of benzene rings is 1. The number of nitrogens with two attached hydrogens (primary N) is 1. The first kappa shape index (κ1) is 15.8. The molecule has 2 rings (SSSR count). The molecular formula is C14H19FN4OS. The van der Waals surface area contributed by atoms with Gasteiger partial charge in [-0.1, -0.05) is 0 Å². The van der Waals surface area contributed by atoms with Gasteiger partial charge in [-0.05, 0) is 62.7 Å². The summed E-state index contributed by atoms with van der Waals surface area (Å²) in [6.07, 6.45) is 0. The van der Waals surface area contributed by atoms with E-state index < -0.39 is 0 Å². The third-order valence-corrected chi connectivity index (χ3v) is 4.22. The second-order valence-electron chi connectivity index (χ2n) is 5.31. The fraction of sp³-hybridized carbons (Fsp3) is 0.429. The van der Waals surface area contributed by atoms with Crippen molar-refractivity contribution in [2.45, 2.75) is 49.8 Å². The lowest BCUT2D eigenvalue weighted by Gasteiger charge is -2.15. The molecule has 1 aromatic heterocycles. The molecule has 0 aliphatic heterocycles. The minimum Gasteiger partial charge on any atom is -0.324 e. The average molecular weight is 310 g/mol. The summed E-state index contributed by atoms with van der Waals surface area (Å²) in [4.78, 5) is 12.6. The Morgan fingerprint density at radius 3 is 2.62 bits per heavy atom. The molecule has 1 heterocycles. The lowest BCUT2D eigenvalue weighted by Crippen LogP contribution is -2.19. The van der Waals surface area contributed by atoms with Gasteiger partial charge in [0.05, 0.1) is 0 Å². The smallest absolute Gasteiger partial charge is 0.324 e. The Kier molecular flexibility index (Phi) is 4.53. The largest absolute Gasteiger partial charge is 0.344 e. The van der Waals surface area contributed by atoms with E-state index in [-0.39, 0.29) is 23.6 Å². The Labute approximate surface area is 126 Å². The van der Waals surface area contributed by atoms with E-state index in [2.05, 4.69) is 10.2 Å². The van der Waals surface area contributed by atoms with Gasteiger partial charge < -0.3 is 5.73 Å². The zero-order chi connectivity index (χ0) is 15.7. The summed E-state index contributed by atoms with van der Waals surface area (Å²) in [6.45, 7) is 7.31. The summed E-state index contributed by atoms with van der Waals surface area (Å²) >= 11 is 1.32. The highest BCUT2D eigenvalue weighted by molar-refractivity contribution is 7.99. The van der Waals surface area contributed by atoms with E-state index in [1.807, 2.05) is 13.8 Å². The predicted molar refractivity (Wildman–Crippen MR) is 81.1 cm³/mol. The van der Waals surface area contributed by atoms with Crippen molar-refractivity contribution in [3.8, 4) is 0 Å². The van der Waals surface area contributed by atoms with E-state index in [0.29, 0.717) is 16.3 Å². The second kappa shape index (κ2) is 6.03. The molecule has 2 aromatic rings. The van der Waals surface area contributed by atoms with E-state index in [4.69, 9.17) is 5.73 Å². The van der Waals surface area contributed by atoms with Crippen molar-refractivity contribution in [1.82, 2.24) is 14.8 Å². The van der Waals surface area contributed by atoms with E-state index in [1.165, 1.54) is 17.8 Å².